The summed E-state index contributed by atoms with van der Waals surface area (Å²) in [6, 6.07) is 7.02. The number of aromatic nitrogens is 2. The number of H-pyrrole nitrogens is 1. The number of benzene rings is 1. The lowest BCUT2D eigenvalue weighted by atomic mass is 9.98. The highest BCUT2D eigenvalue weighted by Crippen LogP contribution is 2.26. The quantitative estimate of drug-likeness (QED) is 0.582. The summed E-state index contributed by atoms with van der Waals surface area (Å²) in [5.41, 5.74) is 1.89. The number of nitrogens with zero attached hydrogens (tertiary/aromatic N) is 1. The number of rotatable bonds is 4. The third kappa shape index (κ3) is 3.97. The largest absolute Gasteiger partial charge is 0.373 e. The Morgan fingerprint density at radius 2 is 2.00 bits per heavy atom. The molecular formula is C18H22ClN3O2. The van der Waals surface area contributed by atoms with Crippen LogP contribution in [0.5, 0.6) is 0 Å². The molecule has 3 N–H and O–H groups in total. The van der Waals surface area contributed by atoms with Gasteiger partial charge in [-0.05, 0) is 31.0 Å². The van der Waals surface area contributed by atoms with Gasteiger partial charge in [0.2, 0.25) is 0 Å². The molecule has 24 heavy (non-hydrogen) atoms. The van der Waals surface area contributed by atoms with E-state index in [0.717, 1.165) is 36.9 Å². The lowest BCUT2D eigenvalue weighted by molar-refractivity contribution is 0.0532. The van der Waals surface area contributed by atoms with Crippen LogP contribution in [0, 0.1) is 5.92 Å². The van der Waals surface area contributed by atoms with Gasteiger partial charge in [0, 0.05) is 17.7 Å². The van der Waals surface area contributed by atoms with E-state index in [1.807, 2.05) is 12.1 Å². The molecule has 1 fully saturated rings. The molecule has 3 rings (SSSR count). The van der Waals surface area contributed by atoms with Crippen molar-refractivity contribution < 1.29 is 9.90 Å². The van der Waals surface area contributed by atoms with Gasteiger partial charge >= 0.3 is 0 Å². The van der Waals surface area contributed by atoms with Crippen molar-refractivity contribution in [3.05, 3.63) is 41.0 Å². The van der Waals surface area contributed by atoms with Crippen LogP contribution in [0.4, 0.5) is 0 Å². The average molecular weight is 348 g/mol. The smallest absolute Gasteiger partial charge is 0.254 e. The first-order chi connectivity index (χ1) is 11.6. The molecule has 0 saturated heterocycles. The Bertz CT molecular complexity index is 680. The number of carbonyl (C=O) groups excluding carboxylic acids is 1. The van der Waals surface area contributed by atoms with E-state index >= 15 is 0 Å². The molecule has 1 aromatic carbocycles. The van der Waals surface area contributed by atoms with Gasteiger partial charge in [-0.15, -0.1) is 0 Å². The maximum Gasteiger partial charge on any atom is 0.254 e. The second kappa shape index (κ2) is 7.81. The molecule has 6 heteroatoms. The topological polar surface area (TPSA) is 78.0 Å². The van der Waals surface area contributed by atoms with Crippen LogP contribution in [0.3, 0.4) is 0 Å². The third-order valence-corrected chi connectivity index (χ3v) is 4.96. The zero-order valence-electron chi connectivity index (χ0n) is 13.5. The van der Waals surface area contributed by atoms with Crippen molar-refractivity contribution in [1.29, 1.82) is 0 Å². The van der Waals surface area contributed by atoms with E-state index in [4.69, 9.17) is 11.6 Å². The highest BCUT2D eigenvalue weighted by Gasteiger charge is 2.23. The van der Waals surface area contributed by atoms with E-state index in [9.17, 15) is 9.90 Å². The van der Waals surface area contributed by atoms with Crippen molar-refractivity contribution >= 4 is 17.5 Å². The number of halogens is 1. The fourth-order valence-corrected chi connectivity index (χ4v) is 3.44. The number of hydrogen-bond acceptors (Lipinski definition) is 3. The van der Waals surface area contributed by atoms with E-state index in [-0.39, 0.29) is 11.8 Å². The van der Waals surface area contributed by atoms with Crippen LogP contribution in [-0.2, 0) is 0 Å². The predicted octanol–water partition coefficient (Wildman–Crippen LogP) is 3.75. The minimum absolute atomic E-state index is 0.116. The Morgan fingerprint density at radius 3 is 2.67 bits per heavy atom. The lowest BCUT2D eigenvalue weighted by Gasteiger charge is -2.22. The molecule has 1 saturated carbocycles. The molecule has 0 bridgehead atoms. The Hall–Kier alpha value is -1.85. The van der Waals surface area contributed by atoms with Crippen molar-refractivity contribution in [3.63, 3.8) is 0 Å². The predicted molar refractivity (Wildman–Crippen MR) is 93.7 cm³/mol. The molecule has 1 amide bonds. The standard InChI is InChI=1S/C18H22ClN3O2/c19-15-8-7-13(16-9-10-20-22-16)11-14(15)18(24)21-17(23)12-5-3-1-2-4-6-12/h7-12,17,23H,1-6H2,(H,20,22)(H,21,24). The van der Waals surface area contributed by atoms with Gasteiger partial charge in [-0.1, -0.05) is 43.4 Å². The Balaban J connectivity index is 1.73. The average Bonchev–Trinajstić information content (AvgIpc) is 2.97. The number of amides is 1. The van der Waals surface area contributed by atoms with Crippen LogP contribution in [0.2, 0.25) is 5.02 Å². The van der Waals surface area contributed by atoms with Crippen LogP contribution in [0.25, 0.3) is 11.3 Å². The molecule has 5 nitrogen and oxygen atoms in total. The number of nitrogens with one attached hydrogen (secondary N) is 2. The SMILES string of the molecule is O=C(NC(O)C1CCCCCC1)c1cc(-c2cc[nH]n2)ccc1Cl. The second-order valence-electron chi connectivity index (χ2n) is 6.32. The van der Waals surface area contributed by atoms with Crippen molar-refractivity contribution in [3.8, 4) is 11.3 Å². The van der Waals surface area contributed by atoms with Crippen LogP contribution >= 0.6 is 11.6 Å². The molecule has 1 heterocycles. The fraction of sp³-hybridized carbons (Fsp3) is 0.444. The molecular weight excluding hydrogens is 326 g/mol. The van der Waals surface area contributed by atoms with Crippen molar-refractivity contribution in [2.75, 3.05) is 0 Å². The summed E-state index contributed by atoms with van der Waals surface area (Å²) >= 11 is 6.18. The van der Waals surface area contributed by atoms with Crippen LogP contribution < -0.4 is 5.32 Å². The molecule has 2 aromatic rings. The van der Waals surface area contributed by atoms with Gasteiger partial charge in [0.05, 0.1) is 16.3 Å². The Morgan fingerprint density at radius 1 is 1.25 bits per heavy atom. The monoisotopic (exact) mass is 347 g/mol. The Kier molecular flexibility index (Phi) is 5.53. The van der Waals surface area contributed by atoms with Gasteiger partial charge < -0.3 is 10.4 Å². The number of aromatic amines is 1. The number of hydrogen-bond donors (Lipinski definition) is 3. The van der Waals surface area contributed by atoms with Gasteiger partial charge in [0.1, 0.15) is 6.23 Å². The summed E-state index contributed by atoms with van der Waals surface area (Å²) < 4.78 is 0. The van der Waals surface area contributed by atoms with Gasteiger partial charge in [0.25, 0.3) is 5.91 Å². The maximum absolute atomic E-state index is 12.5. The van der Waals surface area contributed by atoms with Crippen molar-refractivity contribution in [2.24, 2.45) is 5.92 Å². The van der Waals surface area contributed by atoms with E-state index < -0.39 is 6.23 Å². The fourth-order valence-electron chi connectivity index (χ4n) is 3.24. The first-order valence-electron chi connectivity index (χ1n) is 8.44. The van der Waals surface area contributed by atoms with Crippen LogP contribution in [0.15, 0.2) is 30.5 Å². The maximum atomic E-state index is 12.5. The van der Waals surface area contributed by atoms with E-state index in [0.29, 0.717) is 10.6 Å². The highest BCUT2D eigenvalue weighted by atomic mass is 35.5. The molecule has 1 atom stereocenters. The molecule has 1 aliphatic carbocycles. The molecule has 1 unspecified atom stereocenters. The number of carbonyl (C=O) groups is 1. The molecule has 0 radical (unpaired) electrons. The first kappa shape index (κ1) is 17.0. The van der Waals surface area contributed by atoms with Crippen LogP contribution in [-0.4, -0.2) is 27.4 Å². The minimum Gasteiger partial charge on any atom is -0.373 e. The molecule has 0 aliphatic heterocycles. The molecule has 0 spiro atoms. The highest BCUT2D eigenvalue weighted by molar-refractivity contribution is 6.34. The van der Waals surface area contributed by atoms with Gasteiger partial charge in [-0.25, -0.2) is 0 Å². The summed E-state index contributed by atoms with van der Waals surface area (Å²) in [6.45, 7) is 0. The summed E-state index contributed by atoms with van der Waals surface area (Å²) in [4.78, 5) is 12.5. The molecule has 1 aliphatic rings. The zero-order chi connectivity index (χ0) is 16.9. The van der Waals surface area contributed by atoms with E-state index in [1.165, 1.54) is 12.8 Å². The number of aliphatic hydroxyl groups is 1. The summed E-state index contributed by atoms with van der Waals surface area (Å²) in [5.74, 6) is -0.237. The summed E-state index contributed by atoms with van der Waals surface area (Å²) in [7, 11) is 0. The zero-order valence-corrected chi connectivity index (χ0v) is 14.2. The Labute approximate surface area is 146 Å². The lowest BCUT2D eigenvalue weighted by Crippen LogP contribution is -2.40. The normalized spacial score (nSPS) is 17.2. The van der Waals surface area contributed by atoms with Gasteiger partial charge in [0.15, 0.2) is 0 Å². The summed E-state index contributed by atoms with van der Waals surface area (Å²) in [6.07, 6.45) is 7.40. The number of aliphatic hydroxyl groups excluding tert-OH is 1. The van der Waals surface area contributed by atoms with E-state index in [1.54, 1.807) is 18.3 Å². The third-order valence-electron chi connectivity index (χ3n) is 4.63. The molecule has 128 valence electrons. The first-order valence-corrected chi connectivity index (χ1v) is 8.81. The van der Waals surface area contributed by atoms with Crippen molar-refractivity contribution in [1.82, 2.24) is 15.5 Å². The van der Waals surface area contributed by atoms with Crippen molar-refractivity contribution in [2.45, 2.75) is 44.8 Å². The summed E-state index contributed by atoms with van der Waals surface area (Å²) in [5, 5.41) is 20.3. The van der Waals surface area contributed by atoms with Gasteiger partial charge in [-0.2, -0.15) is 5.10 Å². The van der Waals surface area contributed by atoms with Crippen LogP contribution in [0.1, 0.15) is 48.9 Å². The molecule has 1 aromatic heterocycles. The second-order valence-corrected chi connectivity index (χ2v) is 6.73. The van der Waals surface area contributed by atoms with Gasteiger partial charge in [-0.3, -0.25) is 9.89 Å². The van der Waals surface area contributed by atoms with E-state index in [2.05, 4.69) is 15.5 Å². The minimum atomic E-state index is -0.833.